The number of anilines is 2. The average molecular weight is 214 g/mol. The molecule has 0 saturated heterocycles. The molecular weight excluding hydrogens is 200 g/mol. The molecule has 4 heteroatoms. The number of hydrogen-bond acceptors (Lipinski definition) is 4. The number of nitrogens with two attached hydrogens (primary N) is 1. The Bertz CT molecular complexity index is 456. The number of pyridine rings is 2. The molecule has 0 aliphatic rings. The molecule has 0 fully saturated rings. The predicted octanol–water partition coefficient (Wildman–Crippen LogP) is 1.70. The highest BCUT2D eigenvalue weighted by atomic mass is 15.2. The van der Waals surface area contributed by atoms with Gasteiger partial charge in [0.05, 0.1) is 0 Å². The van der Waals surface area contributed by atoms with E-state index in [0.29, 0.717) is 0 Å². The predicted molar refractivity (Wildman–Crippen MR) is 65.0 cm³/mol. The first-order chi connectivity index (χ1) is 7.75. The molecule has 2 heterocycles. The van der Waals surface area contributed by atoms with Gasteiger partial charge in [0.15, 0.2) is 0 Å². The Morgan fingerprint density at radius 3 is 2.88 bits per heavy atom. The molecule has 0 aliphatic heterocycles. The van der Waals surface area contributed by atoms with E-state index in [0.717, 1.165) is 23.6 Å². The van der Waals surface area contributed by atoms with Gasteiger partial charge < -0.3 is 10.6 Å². The van der Waals surface area contributed by atoms with Crippen LogP contribution in [0.2, 0.25) is 0 Å². The molecule has 0 bridgehead atoms. The SMILES string of the molecule is CN(Cc1cccnc1)c1cc(N)ccn1. The first-order valence-corrected chi connectivity index (χ1v) is 5.07. The lowest BCUT2D eigenvalue weighted by Gasteiger charge is -2.18. The summed E-state index contributed by atoms with van der Waals surface area (Å²) in [5.41, 5.74) is 7.58. The first-order valence-electron chi connectivity index (χ1n) is 5.07. The van der Waals surface area contributed by atoms with Gasteiger partial charge in [-0.15, -0.1) is 0 Å². The molecule has 0 saturated carbocycles. The smallest absolute Gasteiger partial charge is 0.130 e. The summed E-state index contributed by atoms with van der Waals surface area (Å²) in [4.78, 5) is 10.4. The summed E-state index contributed by atoms with van der Waals surface area (Å²) in [6.07, 6.45) is 5.33. The van der Waals surface area contributed by atoms with Crippen LogP contribution in [0.1, 0.15) is 5.56 Å². The maximum absolute atomic E-state index is 5.71. The third kappa shape index (κ3) is 2.48. The monoisotopic (exact) mass is 214 g/mol. The van der Waals surface area contributed by atoms with Crippen LogP contribution in [0.3, 0.4) is 0 Å². The van der Waals surface area contributed by atoms with Crippen molar-refractivity contribution in [3.8, 4) is 0 Å². The van der Waals surface area contributed by atoms with Crippen molar-refractivity contribution < 1.29 is 0 Å². The molecule has 2 aromatic rings. The van der Waals surface area contributed by atoms with Gasteiger partial charge in [0.2, 0.25) is 0 Å². The van der Waals surface area contributed by atoms with Crippen LogP contribution in [0, 0.1) is 0 Å². The van der Waals surface area contributed by atoms with Gasteiger partial charge in [0.25, 0.3) is 0 Å². The fourth-order valence-corrected chi connectivity index (χ4v) is 1.49. The highest BCUT2D eigenvalue weighted by Crippen LogP contribution is 2.14. The zero-order chi connectivity index (χ0) is 11.4. The van der Waals surface area contributed by atoms with Crippen LogP contribution >= 0.6 is 0 Å². The van der Waals surface area contributed by atoms with E-state index in [1.54, 1.807) is 18.5 Å². The van der Waals surface area contributed by atoms with E-state index in [1.165, 1.54) is 0 Å². The maximum atomic E-state index is 5.71. The Kier molecular flexibility index (Phi) is 3.00. The van der Waals surface area contributed by atoms with Crippen LogP contribution in [0.15, 0.2) is 42.9 Å². The van der Waals surface area contributed by atoms with Gasteiger partial charge in [0, 0.05) is 43.9 Å². The van der Waals surface area contributed by atoms with Crippen LogP contribution in [-0.2, 0) is 6.54 Å². The molecule has 0 aliphatic carbocycles. The summed E-state index contributed by atoms with van der Waals surface area (Å²) in [5, 5.41) is 0. The second kappa shape index (κ2) is 4.61. The van der Waals surface area contributed by atoms with Crippen LogP contribution in [0.4, 0.5) is 11.5 Å². The van der Waals surface area contributed by atoms with E-state index >= 15 is 0 Å². The van der Waals surface area contributed by atoms with Crippen molar-refractivity contribution in [3.05, 3.63) is 48.4 Å². The molecule has 82 valence electrons. The van der Waals surface area contributed by atoms with Crippen molar-refractivity contribution in [1.82, 2.24) is 9.97 Å². The van der Waals surface area contributed by atoms with Crippen molar-refractivity contribution in [1.29, 1.82) is 0 Å². The Hall–Kier alpha value is -2.10. The van der Waals surface area contributed by atoms with Crippen LogP contribution < -0.4 is 10.6 Å². The molecule has 0 unspecified atom stereocenters. The maximum Gasteiger partial charge on any atom is 0.130 e. The average Bonchev–Trinajstić information content (AvgIpc) is 2.30. The summed E-state index contributed by atoms with van der Waals surface area (Å²) in [5.74, 6) is 0.865. The summed E-state index contributed by atoms with van der Waals surface area (Å²) >= 11 is 0. The zero-order valence-corrected chi connectivity index (χ0v) is 9.17. The first kappa shape index (κ1) is 10.4. The second-order valence-electron chi connectivity index (χ2n) is 3.66. The van der Waals surface area contributed by atoms with Crippen molar-refractivity contribution >= 4 is 11.5 Å². The van der Waals surface area contributed by atoms with Gasteiger partial charge in [-0.3, -0.25) is 4.98 Å². The highest BCUT2D eigenvalue weighted by Gasteiger charge is 2.03. The minimum absolute atomic E-state index is 0.725. The molecule has 16 heavy (non-hydrogen) atoms. The standard InChI is InChI=1S/C12H14N4/c1-16(9-10-3-2-5-14-8-10)12-7-11(13)4-6-15-12/h2-8H,9H2,1H3,(H2,13,15). The van der Waals surface area contributed by atoms with E-state index in [9.17, 15) is 0 Å². The quantitative estimate of drug-likeness (QED) is 0.844. The molecule has 0 atom stereocenters. The lowest BCUT2D eigenvalue weighted by molar-refractivity contribution is 0.892. The molecule has 0 radical (unpaired) electrons. The number of nitrogens with zero attached hydrogens (tertiary/aromatic N) is 3. The molecule has 4 nitrogen and oxygen atoms in total. The lowest BCUT2D eigenvalue weighted by Crippen LogP contribution is -2.17. The fraction of sp³-hybridized carbons (Fsp3) is 0.167. The van der Waals surface area contributed by atoms with Gasteiger partial charge >= 0.3 is 0 Å². The van der Waals surface area contributed by atoms with Gasteiger partial charge in [-0.2, -0.15) is 0 Å². The summed E-state index contributed by atoms with van der Waals surface area (Å²) < 4.78 is 0. The summed E-state index contributed by atoms with van der Waals surface area (Å²) in [6, 6.07) is 7.60. The van der Waals surface area contributed by atoms with Gasteiger partial charge in [0.1, 0.15) is 5.82 Å². The van der Waals surface area contributed by atoms with E-state index in [2.05, 4.69) is 9.97 Å². The third-order valence-corrected chi connectivity index (χ3v) is 2.30. The number of rotatable bonds is 3. The topological polar surface area (TPSA) is 55.0 Å². The van der Waals surface area contributed by atoms with Gasteiger partial charge in [-0.25, -0.2) is 4.98 Å². The van der Waals surface area contributed by atoms with Crippen LogP contribution in [0.5, 0.6) is 0 Å². The lowest BCUT2D eigenvalue weighted by atomic mass is 10.2. The molecule has 2 rings (SSSR count). The zero-order valence-electron chi connectivity index (χ0n) is 9.17. The Labute approximate surface area is 94.8 Å². The van der Waals surface area contributed by atoms with E-state index in [4.69, 9.17) is 5.73 Å². The van der Waals surface area contributed by atoms with Gasteiger partial charge in [-0.1, -0.05) is 6.07 Å². The molecular formula is C12H14N4. The number of aromatic nitrogens is 2. The second-order valence-corrected chi connectivity index (χ2v) is 3.66. The Balaban J connectivity index is 2.12. The molecule has 2 N–H and O–H groups in total. The van der Waals surface area contributed by atoms with Crippen molar-refractivity contribution in [2.24, 2.45) is 0 Å². The Morgan fingerprint density at radius 2 is 2.19 bits per heavy atom. The van der Waals surface area contributed by atoms with Crippen LogP contribution in [0.25, 0.3) is 0 Å². The summed E-state index contributed by atoms with van der Waals surface area (Å²) in [7, 11) is 1.98. The normalized spacial score (nSPS) is 10.1. The largest absolute Gasteiger partial charge is 0.399 e. The van der Waals surface area contributed by atoms with Crippen LogP contribution in [-0.4, -0.2) is 17.0 Å². The third-order valence-electron chi connectivity index (χ3n) is 2.30. The van der Waals surface area contributed by atoms with Crippen molar-refractivity contribution in [2.75, 3.05) is 17.7 Å². The minimum Gasteiger partial charge on any atom is -0.399 e. The van der Waals surface area contributed by atoms with E-state index in [-0.39, 0.29) is 0 Å². The molecule has 0 amide bonds. The number of hydrogen-bond donors (Lipinski definition) is 1. The molecule has 2 aromatic heterocycles. The van der Waals surface area contributed by atoms with E-state index in [1.807, 2.05) is 36.3 Å². The fourth-order valence-electron chi connectivity index (χ4n) is 1.49. The number of nitrogen functional groups attached to an aromatic ring is 1. The highest BCUT2D eigenvalue weighted by molar-refractivity contribution is 5.49. The van der Waals surface area contributed by atoms with Gasteiger partial charge in [-0.05, 0) is 17.7 Å². The van der Waals surface area contributed by atoms with Crippen molar-refractivity contribution in [2.45, 2.75) is 6.54 Å². The van der Waals surface area contributed by atoms with Crippen molar-refractivity contribution in [3.63, 3.8) is 0 Å². The summed E-state index contributed by atoms with van der Waals surface area (Å²) in [6.45, 7) is 0.768. The molecule has 0 spiro atoms. The molecule has 0 aromatic carbocycles. The Morgan fingerprint density at radius 1 is 1.31 bits per heavy atom. The minimum atomic E-state index is 0.725. The van der Waals surface area contributed by atoms with E-state index < -0.39 is 0 Å².